The van der Waals surface area contributed by atoms with E-state index in [4.69, 9.17) is 10.5 Å². The third-order valence-corrected chi connectivity index (χ3v) is 2.11. The zero-order chi connectivity index (χ0) is 10.7. The van der Waals surface area contributed by atoms with E-state index in [1.54, 1.807) is 7.11 Å². The van der Waals surface area contributed by atoms with Gasteiger partial charge in [0.05, 0.1) is 13.2 Å². The van der Waals surface area contributed by atoms with Crippen LogP contribution in [-0.4, -0.2) is 27.7 Å². The molecule has 0 spiro atoms. The number of hydrogen-bond donors (Lipinski definition) is 2. The average Bonchev–Trinajstić information content (AvgIpc) is 2.82. The Morgan fingerprint density at radius 1 is 1.33 bits per heavy atom. The Bertz CT molecular complexity index is 411. The van der Waals surface area contributed by atoms with Crippen molar-refractivity contribution in [3.8, 4) is 5.75 Å². The molecule has 0 amide bonds. The van der Waals surface area contributed by atoms with Crippen LogP contribution in [-0.2, 0) is 0 Å². The minimum absolute atomic E-state index is 0.366. The first-order chi connectivity index (χ1) is 7.31. The van der Waals surface area contributed by atoms with Crippen molar-refractivity contribution in [2.24, 2.45) is 5.73 Å². The number of nitrogens with zero attached hydrogens (tertiary/aromatic N) is 3. The average molecular weight is 205 g/mol. The molecule has 0 radical (unpaired) electrons. The van der Waals surface area contributed by atoms with E-state index >= 15 is 0 Å². The lowest BCUT2D eigenvalue weighted by Gasteiger charge is -2.07. The summed E-state index contributed by atoms with van der Waals surface area (Å²) in [5, 5.41) is 13.5. The molecule has 2 rings (SSSR count). The number of benzene rings is 1. The Hall–Kier alpha value is -1.95. The zero-order valence-corrected chi connectivity index (χ0v) is 8.21. The Labute approximate surface area is 86.4 Å². The fourth-order valence-corrected chi connectivity index (χ4v) is 1.26. The van der Waals surface area contributed by atoms with Crippen LogP contribution in [0, 0.1) is 0 Å². The molecule has 0 aliphatic rings. The van der Waals surface area contributed by atoms with Gasteiger partial charge in [-0.05, 0) is 17.7 Å². The molecule has 6 heteroatoms. The highest BCUT2D eigenvalue weighted by molar-refractivity contribution is 5.31. The predicted molar refractivity (Wildman–Crippen MR) is 53.2 cm³/mol. The third-order valence-electron chi connectivity index (χ3n) is 2.11. The minimum Gasteiger partial charge on any atom is -0.497 e. The zero-order valence-electron chi connectivity index (χ0n) is 8.21. The van der Waals surface area contributed by atoms with Crippen LogP contribution >= 0.6 is 0 Å². The topological polar surface area (TPSA) is 89.7 Å². The van der Waals surface area contributed by atoms with Crippen LogP contribution in [0.15, 0.2) is 24.3 Å². The standard InChI is InChI=1S/C9H11N5O/c1-15-7-4-2-6(3-5-7)8(10)9-11-13-14-12-9/h2-5,8H,10H2,1H3,(H,11,12,13,14). The number of nitrogens with one attached hydrogen (secondary N) is 1. The molecule has 78 valence electrons. The monoisotopic (exact) mass is 205 g/mol. The predicted octanol–water partition coefficient (Wildman–Crippen LogP) is 0.256. The smallest absolute Gasteiger partial charge is 0.195 e. The lowest BCUT2D eigenvalue weighted by molar-refractivity contribution is 0.414. The molecule has 2 aromatic rings. The van der Waals surface area contributed by atoms with Gasteiger partial charge in [0.15, 0.2) is 5.82 Å². The van der Waals surface area contributed by atoms with E-state index in [9.17, 15) is 0 Å². The molecular formula is C9H11N5O. The van der Waals surface area contributed by atoms with Gasteiger partial charge in [-0.1, -0.05) is 17.3 Å². The normalized spacial score (nSPS) is 12.4. The van der Waals surface area contributed by atoms with Gasteiger partial charge in [-0.2, -0.15) is 5.21 Å². The van der Waals surface area contributed by atoms with Crippen LogP contribution in [0.25, 0.3) is 0 Å². The van der Waals surface area contributed by atoms with Crippen LogP contribution in [0.4, 0.5) is 0 Å². The van der Waals surface area contributed by atoms with Crippen LogP contribution in [0.5, 0.6) is 5.75 Å². The van der Waals surface area contributed by atoms with Gasteiger partial charge in [0.2, 0.25) is 0 Å². The summed E-state index contributed by atoms with van der Waals surface area (Å²) in [6, 6.07) is 7.07. The SMILES string of the molecule is COc1ccc(C(N)c2nn[nH]n2)cc1. The summed E-state index contributed by atoms with van der Waals surface area (Å²) in [6.45, 7) is 0. The first-order valence-electron chi connectivity index (χ1n) is 4.44. The second kappa shape index (κ2) is 4.05. The van der Waals surface area contributed by atoms with E-state index in [0.717, 1.165) is 11.3 Å². The molecule has 0 aliphatic carbocycles. The molecule has 0 bridgehead atoms. The Balaban J connectivity index is 2.22. The summed E-state index contributed by atoms with van der Waals surface area (Å²) < 4.78 is 5.05. The van der Waals surface area contributed by atoms with E-state index in [0.29, 0.717) is 5.82 Å². The molecule has 0 saturated heterocycles. The van der Waals surface area contributed by atoms with Crippen molar-refractivity contribution in [2.45, 2.75) is 6.04 Å². The number of aromatic nitrogens is 4. The molecule has 1 unspecified atom stereocenters. The molecule has 0 saturated carbocycles. The highest BCUT2D eigenvalue weighted by Crippen LogP contribution is 2.18. The maximum absolute atomic E-state index is 5.93. The first kappa shape index (κ1) is 9.60. The van der Waals surface area contributed by atoms with Crippen molar-refractivity contribution < 1.29 is 4.74 Å². The molecule has 1 heterocycles. The molecule has 15 heavy (non-hydrogen) atoms. The first-order valence-corrected chi connectivity index (χ1v) is 4.44. The third kappa shape index (κ3) is 1.94. The number of hydrogen-bond acceptors (Lipinski definition) is 5. The number of ether oxygens (including phenoxy) is 1. The van der Waals surface area contributed by atoms with Crippen LogP contribution in [0.1, 0.15) is 17.4 Å². The second-order valence-electron chi connectivity index (χ2n) is 3.02. The van der Waals surface area contributed by atoms with E-state index in [-0.39, 0.29) is 6.04 Å². The number of nitrogens with two attached hydrogens (primary N) is 1. The van der Waals surface area contributed by atoms with Gasteiger partial charge in [-0.15, -0.1) is 10.2 Å². The van der Waals surface area contributed by atoms with Gasteiger partial charge >= 0.3 is 0 Å². The highest BCUT2D eigenvalue weighted by Gasteiger charge is 2.12. The van der Waals surface area contributed by atoms with Crippen molar-refractivity contribution in [1.82, 2.24) is 20.6 Å². The molecular weight excluding hydrogens is 194 g/mol. The summed E-state index contributed by atoms with van der Waals surface area (Å²) in [7, 11) is 1.62. The molecule has 6 nitrogen and oxygen atoms in total. The summed E-state index contributed by atoms with van der Waals surface area (Å²) >= 11 is 0. The molecule has 0 fully saturated rings. The summed E-state index contributed by atoms with van der Waals surface area (Å²) in [5.74, 6) is 1.26. The largest absolute Gasteiger partial charge is 0.497 e. The van der Waals surface area contributed by atoms with Gasteiger partial charge in [0, 0.05) is 0 Å². The summed E-state index contributed by atoms with van der Waals surface area (Å²) in [6.07, 6.45) is 0. The Kier molecular flexibility index (Phi) is 2.59. The van der Waals surface area contributed by atoms with E-state index in [2.05, 4.69) is 20.6 Å². The number of tetrazole rings is 1. The lowest BCUT2D eigenvalue weighted by Crippen LogP contribution is -2.13. The van der Waals surface area contributed by atoms with Gasteiger partial charge in [0.25, 0.3) is 0 Å². The Morgan fingerprint density at radius 3 is 2.60 bits per heavy atom. The maximum Gasteiger partial charge on any atom is 0.195 e. The molecule has 1 aromatic carbocycles. The van der Waals surface area contributed by atoms with Gasteiger partial charge in [-0.25, -0.2) is 0 Å². The van der Waals surface area contributed by atoms with Crippen LogP contribution < -0.4 is 10.5 Å². The van der Waals surface area contributed by atoms with Crippen molar-refractivity contribution in [3.05, 3.63) is 35.7 Å². The maximum atomic E-state index is 5.93. The van der Waals surface area contributed by atoms with Crippen molar-refractivity contribution in [2.75, 3.05) is 7.11 Å². The lowest BCUT2D eigenvalue weighted by atomic mass is 10.1. The van der Waals surface area contributed by atoms with Crippen LogP contribution in [0.2, 0.25) is 0 Å². The van der Waals surface area contributed by atoms with E-state index in [1.165, 1.54) is 0 Å². The fraction of sp³-hybridized carbons (Fsp3) is 0.222. The molecule has 1 aromatic heterocycles. The highest BCUT2D eigenvalue weighted by atomic mass is 16.5. The number of aromatic amines is 1. The summed E-state index contributed by atoms with van der Waals surface area (Å²) in [5.41, 5.74) is 6.84. The van der Waals surface area contributed by atoms with Gasteiger partial charge in [0.1, 0.15) is 5.75 Å². The minimum atomic E-state index is -0.366. The molecule has 3 N–H and O–H groups in total. The Morgan fingerprint density at radius 2 is 2.07 bits per heavy atom. The fourth-order valence-electron chi connectivity index (χ4n) is 1.26. The molecule has 0 aliphatic heterocycles. The quantitative estimate of drug-likeness (QED) is 0.750. The van der Waals surface area contributed by atoms with Crippen molar-refractivity contribution in [1.29, 1.82) is 0 Å². The van der Waals surface area contributed by atoms with Crippen molar-refractivity contribution >= 4 is 0 Å². The number of methoxy groups -OCH3 is 1. The van der Waals surface area contributed by atoms with E-state index < -0.39 is 0 Å². The summed E-state index contributed by atoms with van der Waals surface area (Å²) in [4.78, 5) is 0. The van der Waals surface area contributed by atoms with Crippen LogP contribution in [0.3, 0.4) is 0 Å². The number of rotatable bonds is 3. The van der Waals surface area contributed by atoms with Crippen molar-refractivity contribution in [3.63, 3.8) is 0 Å². The molecule has 1 atom stereocenters. The number of H-pyrrole nitrogens is 1. The second-order valence-corrected chi connectivity index (χ2v) is 3.02. The van der Waals surface area contributed by atoms with E-state index in [1.807, 2.05) is 24.3 Å². The van der Waals surface area contributed by atoms with Gasteiger partial charge in [-0.3, -0.25) is 0 Å². The van der Waals surface area contributed by atoms with Gasteiger partial charge < -0.3 is 10.5 Å².